The molecule has 1 aliphatic carbocycles. The minimum Gasteiger partial charge on any atom is -0.420 e. The first kappa shape index (κ1) is 13.7. The summed E-state index contributed by atoms with van der Waals surface area (Å²) in [4.78, 5) is 0. The first-order valence-corrected chi connectivity index (χ1v) is 7.57. The Morgan fingerprint density at radius 1 is 1.57 bits per heavy atom. The van der Waals surface area contributed by atoms with E-state index in [1.54, 1.807) is 0 Å². The van der Waals surface area contributed by atoms with Crippen LogP contribution >= 0.6 is 0 Å². The third kappa shape index (κ3) is 2.31. The molecular formula is C16H20N4O. The summed E-state index contributed by atoms with van der Waals surface area (Å²) in [6.45, 7) is 2.13. The molecular weight excluding hydrogens is 264 g/mol. The van der Waals surface area contributed by atoms with Crippen LogP contribution in [-0.4, -0.2) is 10.2 Å². The normalized spacial score (nSPS) is 24.4. The lowest BCUT2D eigenvalue weighted by Gasteiger charge is -2.30. The molecule has 5 heteroatoms. The molecule has 1 aromatic heterocycles. The highest BCUT2D eigenvalue weighted by molar-refractivity contribution is 5.50. The number of hydrogen-bond donors (Lipinski definition) is 2. The van der Waals surface area contributed by atoms with Crippen LogP contribution in [0.1, 0.15) is 49.8 Å². The quantitative estimate of drug-likeness (QED) is 0.835. The van der Waals surface area contributed by atoms with Crippen molar-refractivity contribution in [2.45, 2.75) is 44.9 Å². The predicted molar refractivity (Wildman–Crippen MR) is 79.3 cm³/mol. The zero-order valence-electron chi connectivity index (χ0n) is 12.2. The van der Waals surface area contributed by atoms with Gasteiger partial charge in [0.2, 0.25) is 11.8 Å². The molecule has 1 aliphatic heterocycles. The molecule has 0 saturated carbocycles. The Hall–Kier alpha value is -2.22. The Bertz CT molecular complexity index is 635. The van der Waals surface area contributed by atoms with E-state index in [1.165, 1.54) is 0 Å². The number of aromatic nitrogens is 2. The molecule has 0 amide bonds. The number of nitrogens with one attached hydrogen (secondary N) is 1. The number of nitriles is 1. The average molecular weight is 284 g/mol. The summed E-state index contributed by atoms with van der Waals surface area (Å²) in [6.07, 6.45) is 9.66. The minimum absolute atomic E-state index is 0.0319. The van der Waals surface area contributed by atoms with Gasteiger partial charge >= 0.3 is 0 Å². The Morgan fingerprint density at radius 2 is 2.43 bits per heavy atom. The Labute approximate surface area is 124 Å². The summed E-state index contributed by atoms with van der Waals surface area (Å²) in [5.41, 5.74) is 8.57. The van der Waals surface area contributed by atoms with E-state index in [0.717, 1.165) is 43.4 Å². The van der Waals surface area contributed by atoms with Gasteiger partial charge in [-0.25, -0.2) is 0 Å². The Kier molecular flexibility index (Phi) is 3.70. The van der Waals surface area contributed by atoms with Crippen LogP contribution in [0.25, 0.3) is 0 Å². The Morgan fingerprint density at radius 3 is 3.10 bits per heavy atom. The van der Waals surface area contributed by atoms with Crippen LogP contribution in [-0.2, 0) is 6.42 Å². The molecule has 2 atom stereocenters. The number of aromatic amines is 1. The second kappa shape index (κ2) is 5.65. The van der Waals surface area contributed by atoms with Gasteiger partial charge < -0.3 is 10.5 Å². The van der Waals surface area contributed by atoms with E-state index in [9.17, 15) is 5.26 Å². The average Bonchev–Trinajstić information content (AvgIpc) is 2.89. The van der Waals surface area contributed by atoms with Gasteiger partial charge in [-0.1, -0.05) is 25.5 Å². The van der Waals surface area contributed by atoms with Gasteiger partial charge in [0.25, 0.3) is 0 Å². The van der Waals surface area contributed by atoms with Gasteiger partial charge in [-0.15, -0.1) is 5.10 Å². The van der Waals surface area contributed by atoms with Gasteiger partial charge in [0.15, 0.2) is 0 Å². The maximum Gasteiger partial charge on any atom is 0.243 e. The molecule has 0 aromatic carbocycles. The van der Waals surface area contributed by atoms with Crippen molar-refractivity contribution < 1.29 is 4.74 Å². The van der Waals surface area contributed by atoms with E-state index in [-0.39, 0.29) is 11.8 Å². The maximum atomic E-state index is 9.52. The summed E-state index contributed by atoms with van der Waals surface area (Å²) in [5.74, 6) is 1.00. The standard InChI is InChI=1S/C16H20N4O/c1-2-6-12-14-13(10-7-4-3-5-8-10)11(9-17)15(18)21-16(14)20-19-12/h4,7,10,13H,2-3,5-6,8,18H2,1H3,(H,19,20)/t10-,13+/m0/s1. The van der Waals surface area contributed by atoms with Crippen molar-refractivity contribution in [3.05, 3.63) is 34.9 Å². The molecule has 0 bridgehead atoms. The first-order valence-electron chi connectivity index (χ1n) is 7.57. The molecule has 110 valence electrons. The lowest BCUT2D eigenvalue weighted by Crippen LogP contribution is -2.25. The van der Waals surface area contributed by atoms with E-state index in [4.69, 9.17) is 10.5 Å². The summed E-state index contributed by atoms with van der Waals surface area (Å²) >= 11 is 0. The number of ether oxygens (including phenoxy) is 1. The van der Waals surface area contributed by atoms with Gasteiger partial charge in [-0.2, -0.15) is 5.26 Å². The van der Waals surface area contributed by atoms with Crippen molar-refractivity contribution in [1.29, 1.82) is 5.26 Å². The van der Waals surface area contributed by atoms with Gasteiger partial charge in [0.1, 0.15) is 6.07 Å². The summed E-state index contributed by atoms with van der Waals surface area (Å²) < 4.78 is 5.55. The minimum atomic E-state index is -0.0319. The molecule has 2 aliphatic rings. The van der Waals surface area contributed by atoms with Crippen molar-refractivity contribution in [2.24, 2.45) is 11.7 Å². The van der Waals surface area contributed by atoms with Crippen molar-refractivity contribution in [2.75, 3.05) is 0 Å². The highest BCUT2D eigenvalue weighted by Gasteiger charge is 2.37. The predicted octanol–water partition coefficient (Wildman–Crippen LogP) is 2.89. The summed E-state index contributed by atoms with van der Waals surface area (Å²) in [7, 11) is 0. The molecule has 2 heterocycles. The van der Waals surface area contributed by atoms with E-state index in [0.29, 0.717) is 17.4 Å². The number of H-pyrrole nitrogens is 1. The molecule has 5 nitrogen and oxygen atoms in total. The molecule has 3 N–H and O–H groups in total. The van der Waals surface area contributed by atoms with Crippen LogP contribution in [0.4, 0.5) is 0 Å². The summed E-state index contributed by atoms with van der Waals surface area (Å²) in [6, 6.07) is 2.26. The fourth-order valence-corrected chi connectivity index (χ4v) is 3.33. The number of fused-ring (bicyclic) bond motifs is 1. The smallest absolute Gasteiger partial charge is 0.243 e. The molecule has 0 radical (unpaired) electrons. The molecule has 0 fully saturated rings. The Balaban J connectivity index is 2.09. The van der Waals surface area contributed by atoms with Crippen LogP contribution in [0, 0.1) is 17.2 Å². The van der Waals surface area contributed by atoms with Crippen LogP contribution in [0.5, 0.6) is 5.88 Å². The number of allylic oxidation sites excluding steroid dienone is 3. The first-order chi connectivity index (χ1) is 10.3. The van der Waals surface area contributed by atoms with Crippen LogP contribution in [0.2, 0.25) is 0 Å². The fourth-order valence-electron chi connectivity index (χ4n) is 3.33. The zero-order chi connectivity index (χ0) is 14.8. The van der Waals surface area contributed by atoms with Gasteiger partial charge in [-0.3, -0.25) is 5.10 Å². The van der Waals surface area contributed by atoms with E-state index in [2.05, 4.69) is 35.3 Å². The second-order valence-corrected chi connectivity index (χ2v) is 5.66. The topological polar surface area (TPSA) is 87.7 Å². The van der Waals surface area contributed by atoms with E-state index < -0.39 is 0 Å². The maximum absolute atomic E-state index is 9.52. The molecule has 0 unspecified atom stereocenters. The lowest BCUT2D eigenvalue weighted by molar-refractivity contribution is 0.354. The van der Waals surface area contributed by atoms with Crippen LogP contribution < -0.4 is 10.5 Å². The SMILES string of the molecule is CCCc1[nH]nc2c1[C@H]([C@H]1C=CCCC1)C(C#N)=C(N)O2. The van der Waals surface area contributed by atoms with Crippen molar-refractivity contribution in [3.63, 3.8) is 0 Å². The van der Waals surface area contributed by atoms with Crippen molar-refractivity contribution in [3.8, 4) is 11.9 Å². The second-order valence-electron chi connectivity index (χ2n) is 5.66. The third-order valence-electron chi connectivity index (χ3n) is 4.28. The summed E-state index contributed by atoms with van der Waals surface area (Å²) in [5, 5.41) is 16.8. The highest BCUT2D eigenvalue weighted by Crippen LogP contribution is 2.46. The fraction of sp³-hybridized carbons (Fsp3) is 0.500. The van der Waals surface area contributed by atoms with Crippen molar-refractivity contribution >= 4 is 0 Å². The molecule has 0 saturated heterocycles. The van der Waals surface area contributed by atoms with E-state index >= 15 is 0 Å². The number of rotatable bonds is 3. The monoisotopic (exact) mass is 284 g/mol. The van der Waals surface area contributed by atoms with E-state index in [1.807, 2.05) is 0 Å². The largest absolute Gasteiger partial charge is 0.420 e. The van der Waals surface area contributed by atoms with Crippen LogP contribution in [0.3, 0.4) is 0 Å². The molecule has 0 spiro atoms. The number of nitrogens with zero attached hydrogens (tertiary/aromatic N) is 2. The molecule has 1 aromatic rings. The molecule has 3 rings (SSSR count). The number of nitrogens with two attached hydrogens (primary N) is 1. The number of aryl methyl sites for hydroxylation is 1. The van der Waals surface area contributed by atoms with Crippen LogP contribution in [0.15, 0.2) is 23.6 Å². The third-order valence-corrected chi connectivity index (χ3v) is 4.28. The zero-order valence-corrected chi connectivity index (χ0v) is 12.2. The van der Waals surface area contributed by atoms with Gasteiger partial charge in [0, 0.05) is 17.2 Å². The van der Waals surface area contributed by atoms with Gasteiger partial charge in [-0.05, 0) is 31.6 Å². The van der Waals surface area contributed by atoms with Gasteiger partial charge in [0.05, 0.1) is 5.57 Å². The highest BCUT2D eigenvalue weighted by atomic mass is 16.5. The molecule has 21 heavy (non-hydrogen) atoms. The van der Waals surface area contributed by atoms with Crippen molar-refractivity contribution in [1.82, 2.24) is 10.2 Å². The lowest BCUT2D eigenvalue weighted by atomic mass is 9.75. The number of hydrogen-bond acceptors (Lipinski definition) is 4.